The first kappa shape index (κ1) is 12.5. The predicted octanol–water partition coefficient (Wildman–Crippen LogP) is 1.82. The van der Waals surface area contributed by atoms with Crippen LogP contribution in [-0.2, 0) is 13.2 Å². The van der Waals surface area contributed by atoms with Crippen LogP contribution in [0.15, 0.2) is 22.7 Å². The lowest BCUT2D eigenvalue weighted by Gasteiger charge is -2.06. The quantitative estimate of drug-likeness (QED) is 0.878. The van der Waals surface area contributed by atoms with E-state index in [9.17, 15) is 4.39 Å². The molecule has 0 unspecified atom stereocenters. The van der Waals surface area contributed by atoms with Gasteiger partial charge < -0.3 is 14.6 Å². The lowest BCUT2D eigenvalue weighted by molar-refractivity contribution is 0.272. The summed E-state index contributed by atoms with van der Waals surface area (Å²) in [5.41, 5.74) is 0.859. The number of ether oxygens (including phenoxy) is 1. The fourth-order valence-electron chi connectivity index (χ4n) is 1.52. The summed E-state index contributed by atoms with van der Waals surface area (Å²) in [6.45, 7) is 2.38. The van der Waals surface area contributed by atoms with Crippen molar-refractivity contribution in [3.63, 3.8) is 0 Å². The van der Waals surface area contributed by atoms with Crippen molar-refractivity contribution in [2.24, 2.45) is 0 Å². The van der Waals surface area contributed by atoms with Gasteiger partial charge in [0.05, 0.1) is 0 Å². The topological polar surface area (TPSA) is 60.2 Å². The van der Waals surface area contributed by atoms with Gasteiger partial charge in [0.25, 0.3) is 0 Å². The second-order valence-electron chi connectivity index (χ2n) is 3.81. The van der Waals surface area contributed by atoms with Gasteiger partial charge in [-0.2, -0.15) is 4.98 Å². The summed E-state index contributed by atoms with van der Waals surface area (Å²) in [5, 5.41) is 6.62. The number of hydrogen-bond acceptors (Lipinski definition) is 5. The molecule has 0 spiro atoms. The molecule has 1 aromatic heterocycles. The average Bonchev–Trinajstić information content (AvgIpc) is 2.74. The molecule has 1 heterocycles. The molecule has 0 saturated carbocycles. The zero-order valence-electron chi connectivity index (χ0n) is 10.2. The zero-order chi connectivity index (χ0) is 13.0. The number of nitrogens with one attached hydrogen (secondary N) is 1. The highest BCUT2D eigenvalue weighted by atomic mass is 19.1. The van der Waals surface area contributed by atoms with Crippen LogP contribution in [0.1, 0.15) is 17.3 Å². The normalized spacial score (nSPS) is 10.6. The van der Waals surface area contributed by atoms with Gasteiger partial charge in [0.15, 0.2) is 18.2 Å². The van der Waals surface area contributed by atoms with E-state index in [0.717, 1.165) is 5.56 Å². The van der Waals surface area contributed by atoms with Crippen molar-refractivity contribution in [1.82, 2.24) is 15.5 Å². The second-order valence-corrected chi connectivity index (χ2v) is 3.81. The first-order valence-electron chi connectivity index (χ1n) is 5.54. The molecule has 5 nitrogen and oxygen atoms in total. The molecule has 6 heteroatoms. The van der Waals surface area contributed by atoms with Crippen LogP contribution in [0.2, 0.25) is 0 Å². The third-order valence-electron chi connectivity index (χ3n) is 2.30. The van der Waals surface area contributed by atoms with Crippen molar-refractivity contribution in [2.45, 2.75) is 20.1 Å². The van der Waals surface area contributed by atoms with E-state index in [1.165, 1.54) is 6.07 Å². The highest BCUT2D eigenvalue weighted by molar-refractivity contribution is 5.29. The molecule has 0 fully saturated rings. The summed E-state index contributed by atoms with van der Waals surface area (Å²) in [7, 11) is 1.81. The number of rotatable bonds is 5. The summed E-state index contributed by atoms with van der Waals surface area (Å²) in [6.07, 6.45) is 0. The first-order valence-corrected chi connectivity index (χ1v) is 5.54. The first-order chi connectivity index (χ1) is 8.69. The summed E-state index contributed by atoms with van der Waals surface area (Å²) in [6, 6.07) is 4.83. The molecule has 0 atom stereocenters. The van der Waals surface area contributed by atoms with E-state index in [1.54, 1.807) is 26.1 Å². The Balaban J connectivity index is 2.01. The van der Waals surface area contributed by atoms with Crippen molar-refractivity contribution >= 4 is 0 Å². The molecule has 1 aromatic carbocycles. The Kier molecular flexibility index (Phi) is 3.88. The van der Waals surface area contributed by atoms with Gasteiger partial charge in [0, 0.05) is 13.5 Å². The Bertz CT molecular complexity index is 528. The van der Waals surface area contributed by atoms with E-state index < -0.39 is 5.82 Å². The number of hydrogen-bond donors (Lipinski definition) is 1. The smallest absolute Gasteiger partial charge is 0.223 e. The highest BCUT2D eigenvalue weighted by Gasteiger charge is 2.07. The maximum atomic E-state index is 13.7. The van der Waals surface area contributed by atoms with Gasteiger partial charge in [-0.3, -0.25) is 0 Å². The Morgan fingerprint density at radius 3 is 2.89 bits per heavy atom. The van der Waals surface area contributed by atoms with Crippen molar-refractivity contribution in [3.05, 3.63) is 41.3 Å². The minimum absolute atomic E-state index is 0.0830. The lowest BCUT2D eigenvalue weighted by atomic mass is 10.2. The summed E-state index contributed by atoms with van der Waals surface area (Å²) >= 11 is 0. The zero-order valence-corrected chi connectivity index (χ0v) is 10.2. The van der Waals surface area contributed by atoms with Crippen molar-refractivity contribution in [1.29, 1.82) is 0 Å². The Morgan fingerprint density at radius 1 is 1.44 bits per heavy atom. The largest absolute Gasteiger partial charge is 0.482 e. The maximum Gasteiger partial charge on any atom is 0.223 e. The molecule has 0 amide bonds. The van der Waals surface area contributed by atoms with Crippen LogP contribution in [0.25, 0.3) is 0 Å². The predicted molar refractivity (Wildman–Crippen MR) is 62.5 cm³/mol. The van der Waals surface area contributed by atoms with Crippen molar-refractivity contribution < 1.29 is 13.7 Å². The molecule has 2 rings (SSSR count). The monoisotopic (exact) mass is 251 g/mol. The molecule has 96 valence electrons. The van der Waals surface area contributed by atoms with E-state index in [4.69, 9.17) is 9.26 Å². The van der Waals surface area contributed by atoms with Gasteiger partial charge in [-0.25, -0.2) is 4.39 Å². The molecular weight excluding hydrogens is 237 g/mol. The minimum Gasteiger partial charge on any atom is -0.482 e. The number of halogens is 1. The van der Waals surface area contributed by atoms with Crippen LogP contribution in [0.3, 0.4) is 0 Å². The maximum absolute atomic E-state index is 13.7. The van der Waals surface area contributed by atoms with Crippen molar-refractivity contribution in [3.8, 4) is 5.75 Å². The number of aromatic nitrogens is 2. The van der Waals surface area contributed by atoms with Crippen molar-refractivity contribution in [2.75, 3.05) is 7.05 Å². The Hall–Kier alpha value is -1.95. The number of nitrogens with zero attached hydrogens (tertiary/aromatic N) is 2. The second kappa shape index (κ2) is 5.59. The van der Waals surface area contributed by atoms with Crippen LogP contribution in [0, 0.1) is 12.7 Å². The molecule has 0 radical (unpaired) electrons. The van der Waals surface area contributed by atoms with E-state index >= 15 is 0 Å². The third-order valence-corrected chi connectivity index (χ3v) is 2.30. The van der Waals surface area contributed by atoms with Gasteiger partial charge in [-0.05, 0) is 24.7 Å². The van der Waals surface area contributed by atoms with Crippen LogP contribution in [0.4, 0.5) is 4.39 Å². The standard InChI is InChI=1S/C12H14FN3O2/c1-8-15-12(16-18-8)7-17-11-4-3-9(6-14-2)5-10(11)13/h3-5,14H,6-7H2,1-2H3. The number of benzene rings is 1. The van der Waals surface area contributed by atoms with E-state index in [-0.39, 0.29) is 12.4 Å². The van der Waals surface area contributed by atoms with Gasteiger partial charge in [0.1, 0.15) is 0 Å². The number of aryl methyl sites for hydroxylation is 1. The fraction of sp³-hybridized carbons (Fsp3) is 0.333. The van der Waals surface area contributed by atoms with E-state index in [2.05, 4.69) is 15.5 Å². The Labute approximate surface area is 104 Å². The van der Waals surface area contributed by atoms with Crippen LogP contribution < -0.4 is 10.1 Å². The molecule has 1 N–H and O–H groups in total. The van der Waals surface area contributed by atoms with Crippen LogP contribution in [-0.4, -0.2) is 17.2 Å². The van der Waals surface area contributed by atoms with Gasteiger partial charge >= 0.3 is 0 Å². The molecule has 0 saturated heterocycles. The summed E-state index contributed by atoms with van der Waals surface area (Å²) < 4.78 is 23.7. The SMILES string of the molecule is CNCc1ccc(OCc2noc(C)n2)c(F)c1. The minimum atomic E-state index is -0.400. The van der Waals surface area contributed by atoms with E-state index in [1.807, 2.05) is 0 Å². The third kappa shape index (κ3) is 3.04. The van der Waals surface area contributed by atoms with Gasteiger partial charge in [0.2, 0.25) is 11.7 Å². The highest BCUT2D eigenvalue weighted by Crippen LogP contribution is 2.19. The lowest BCUT2D eigenvalue weighted by Crippen LogP contribution is -2.06. The van der Waals surface area contributed by atoms with Gasteiger partial charge in [-0.1, -0.05) is 11.2 Å². The van der Waals surface area contributed by atoms with Crippen LogP contribution >= 0.6 is 0 Å². The molecule has 0 aliphatic heterocycles. The molecule has 0 aliphatic carbocycles. The average molecular weight is 251 g/mol. The molecule has 0 aliphatic rings. The fourth-order valence-corrected chi connectivity index (χ4v) is 1.52. The molecule has 0 bridgehead atoms. The van der Waals surface area contributed by atoms with Gasteiger partial charge in [-0.15, -0.1) is 0 Å². The summed E-state index contributed by atoms with van der Waals surface area (Å²) in [5.74, 6) is 0.630. The molecular formula is C12H14FN3O2. The molecule has 18 heavy (non-hydrogen) atoms. The Morgan fingerprint density at radius 2 is 2.28 bits per heavy atom. The van der Waals surface area contributed by atoms with Crippen LogP contribution in [0.5, 0.6) is 5.75 Å². The summed E-state index contributed by atoms with van der Waals surface area (Å²) in [4.78, 5) is 3.97. The van der Waals surface area contributed by atoms with E-state index in [0.29, 0.717) is 18.3 Å². The molecule has 2 aromatic rings.